The highest BCUT2D eigenvalue weighted by atomic mass is 79.9. The summed E-state index contributed by atoms with van der Waals surface area (Å²) >= 11 is 3.50. The van der Waals surface area contributed by atoms with Gasteiger partial charge in [0, 0.05) is 29.6 Å². The van der Waals surface area contributed by atoms with E-state index in [0.717, 1.165) is 56.2 Å². The molecule has 140 valence electrons. The van der Waals surface area contributed by atoms with Crippen LogP contribution < -0.4 is 11.1 Å². The number of hydrogen-bond acceptors (Lipinski definition) is 3. The van der Waals surface area contributed by atoms with Gasteiger partial charge in [-0.2, -0.15) is 0 Å². The van der Waals surface area contributed by atoms with Crippen molar-refractivity contribution in [3.8, 4) is 0 Å². The van der Waals surface area contributed by atoms with Gasteiger partial charge in [-0.15, -0.1) is 12.4 Å². The van der Waals surface area contributed by atoms with Crippen molar-refractivity contribution >= 4 is 34.2 Å². The second-order valence-corrected chi connectivity index (χ2v) is 8.21. The molecule has 1 saturated carbocycles. The molecule has 0 unspecified atom stereocenters. The zero-order valence-corrected chi connectivity index (χ0v) is 17.0. The summed E-state index contributed by atoms with van der Waals surface area (Å²) in [5, 5.41) is 3.19. The van der Waals surface area contributed by atoms with Crippen molar-refractivity contribution in [2.45, 2.75) is 55.9 Å². The van der Waals surface area contributed by atoms with E-state index in [-0.39, 0.29) is 23.7 Å². The van der Waals surface area contributed by atoms with Crippen molar-refractivity contribution < 1.29 is 9.53 Å². The van der Waals surface area contributed by atoms with E-state index in [1.54, 1.807) is 0 Å². The van der Waals surface area contributed by atoms with Crippen molar-refractivity contribution in [1.82, 2.24) is 5.32 Å². The van der Waals surface area contributed by atoms with Crippen molar-refractivity contribution in [2.75, 3.05) is 19.8 Å². The van der Waals surface area contributed by atoms with Crippen LogP contribution in [0.25, 0.3) is 0 Å². The maximum atomic E-state index is 12.7. The van der Waals surface area contributed by atoms with E-state index in [4.69, 9.17) is 10.5 Å². The smallest absolute Gasteiger partial charge is 0.240 e. The third-order valence-corrected chi connectivity index (χ3v) is 6.22. The minimum atomic E-state index is -0.676. The van der Waals surface area contributed by atoms with Crippen molar-refractivity contribution in [1.29, 1.82) is 0 Å². The standard InChI is InChI=1S/C19H27BrN2O2.ClH/c20-16-6-4-15(5-7-16)18(10-12-24-13-11-18)14-22-17(23)19(21)8-2-1-3-9-19;/h4-7H,1-3,8-14,21H2,(H,22,23);1H. The molecular weight excluding hydrogens is 404 g/mol. The number of carbonyl (C=O) groups is 1. The van der Waals surface area contributed by atoms with Crippen LogP contribution in [-0.4, -0.2) is 31.2 Å². The van der Waals surface area contributed by atoms with Crippen molar-refractivity contribution in [3.05, 3.63) is 34.3 Å². The van der Waals surface area contributed by atoms with E-state index in [1.807, 2.05) is 0 Å². The molecular formula is C19H28BrClN2O2. The molecule has 1 saturated heterocycles. The zero-order chi connectivity index (χ0) is 17.0. The molecule has 1 heterocycles. The first-order valence-electron chi connectivity index (χ1n) is 8.95. The normalized spacial score (nSPS) is 21.8. The first-order chi connectivity index (χ1) is 11.5. The van der Waals surface area contributed by atoms with Gasteiger partial charge in [0.05, 0.1) is 5.54 Å². The van der Waals surface area contributed by atoms with Gasteiger partial charge in [0.25, 0.3) is 0 Å². The molecule has 1 aromatic rings. The van der Waals surface area contributed by atoms with Crippen molar-refractivity contribution in [2.24, 2.45) is 5.73 Å². The number of ether oxygens (including phenoxy) is 1. The number of nitrogens with one attached hydrogen (secondary N) is 1. The molecule has 3 rings (SSSR count). The molecule has 4 nitrogen and oxygen atoms in total. The maximum Gasteiger partial charge on any atom is 0.240 e. The summed E-state index contributed by atoms with van der Waals surface area (Å²) in [6, 6.07) is 8.45. The first kappa shape index (κ1) is 20.7. The number of carbonyl (C=O) groups excluding carboxylic acids is 1. The molecule has 3 N–H and O–H groups in total. The second-order valence-electron chi connectivity index (χ2n) is 7.30. The fraction of sp³-hybridized carbons (Fsp3) is 0.632. The highest BCUT2D eigenvalue weighted by Gasteiger charge is 2.39. The number of benzene rings is 1. The average Bonchev–Trinajstić information content (AvgIpc) is 2.61. The second kappa shape index (κ2) is 8.85. The molecule has 2 fully saturated rings. The topological polar surface area (TPSA) is 64.4 Å². The SMILES string of the molecule is Cl.NC1(C(=O)NCC2(c3ccc(Br)cc3)CCOCC2)CCCCC1. The average molecular weight is 432 g/mol. The summed E-state index contributed by atoms with van der Waals surface area (Å²) in [7, 11) is 0. The lowest BCUT2D eigenvalue weighted by atomic mass is 9.73. The van der Waals surface area contributed by atoms with Gasteiger partial charge in [0.2, 0.25) is 5.91 Å². The first-order valence-corrected chi connectivity index (χ1v) is 9.74. The summed E-state index contributed by atoms with van der Waals surface area (Å²) in [6.07, 6.45) is 6.73. The minimum Gasteiger partial charge on any atom is -0.381 e. The summed E-state index contributed by atoms with van der Waals surface area (Å²) < 4.78 is 6.64. The summed E-state index contributed by atoms with van der Waals surface area (Å²) in [6.45, 7) is 2.11. The summed E-state index contributed by atoms with van der Waals surface area (Å²) in [5.41, 5.74) is 6.91. The van der Waals surface area contributed by atoms with E-state index in [0.29, 0.717) is 6.54 Å². The van der Waals surface area contributed by atoms with Gasteiger partial charge in [-0.05, 0) is 43.4 Å². The fourth-order valence-corrected chi connectivity index (χ4v) is 4.23. The van der Waals surface area contributed by atoms with E-state index >= 15 is 0 Å². The number of halogens is 2. The van der Waals surface area contributed by atoms with Gasteiger partial charge in [0.15, 0.2) is 0 Å². The summed E-state index contributed by atoms with van der Waals surface area (Å²) in [5.74, 6) is 0.0187. The molecule has 0 atom stereocenters. The molecule has 1 aliphatic heterocycles. The van der Waals surface area contributed by atoms with E-state index in [2.05, 4.69) is 45.5 Å². The lowest BCUT2D eigenvalue weighted by Crippen LogP contribution is -2.57. The molecule has 25 heavy (non-hydrogen) atoms. The Bertz CT molecular complexity index is 567. The van der Waals surface area contributed by atoms with Crippen LogP contribution in [0.3, 0.4) is 0 Å². The van der Waals surface area contributed by atoms with E-state index in [1.165, 1.54) is 12.0 Å². The van der Waals surface area contributed by atoms with Gasteiger partial charge >= 0.3 is 0 Å². The molecule has 0 bridgehead atoms. The van der Waals surface area contributed by atoms with Crippen LogP contribution in [-0.2, 0) is 14.9 Å². The third kappa shape index (κ3) is 4.76. The Hall–Kier alpha value is -0.620. The molecule has 1 aromatic carbocycles. The molecule has 1 aliphatic carbocycles. The Morgan fingerprint density at radius 1 is 1.08 bits per heavy atom. The molecule has 0 radical (unpaired) electrons. The number of rotatable bonds is 4. The Kier molecular flexibility index (Phi) is 7.32. The Balaban J connectivity index is 0.00000225. The highest BCUT2D eigenvalue weighted by Crippen LogP contribution is 2.35. The van der Waals surface area contributed by atoms with Crippen LogP contribution in [0.5, 0.6) is 0 Å². The summed E-state index contributed by atoms with van der Waals surface area (Å²) in [4.78, 5) is 12.7. The lowest BCUT2D eigenvalue weighted by molar-refractivity contribution is -0.128. The fourth-order valence-electron chi connectivity index (χ4n) is 3.97. The predicted molar refractivity (Wildman–Crippen MR) is 106 cm³/mol. The van der Waals surface area contributed by atoms with Crippen LogP contribution >= 0.6 is 28.3 Å². The number of hydrogen-bond donors (Lipinski definition) is 2. The van der Waals surface area contributed by atoms with E-state index in [9.17, 15) is 4.79 Å². The van der Waals surface area contributed by atoms with Crippen LogP contribution in [0.4, 0.5) is 0 Å². The highest BCUT2D eigenvalue weighted by molar-refractivity contribution is 9.10. The van der Waals surface area contributed by atoms with Crippen LogP contribution in [0, 0.1) is 0 Å². The molecule has 0 aromatic heterocycles. The minimum absolute atomic E-state index is 0. The monoisotopic (exact) mass is 430 g/mol. The number of nitrogens with two attached hydrogens (primary N) is 1. The van der Waals surface area contributed by atoms with Gasteiger partial charge in [-0.25, -0.2) is 0 Å². The molecule has 6 heteroatoms. The molecule has 0 spiro atoms. The largest absolute Gasteiger partial charge is 0.381 e. The van der Waals surface area contributed by atoms with Crippen LogP contribution in [0.1, 0.15) is 50.5 Å². The number of amides is 1. The maximum absolute atomic E-state index is 12.7. The van der Waals surface area contributed by atoms with Crippen LogP contribution in [0.15, 0.2) is 28.7 Å². The van der Waals surface area contributed by atoms with Crippen LogP contribution in [0.2, 0.25) is 0 Å². The zero-order valence-electron chi connectivity index (χ0n) is 14.6. The predicted octanol–water partition coefficient (Wildman–Crippen LogP) is 3.70. The molecule has 1 amide bonds. The van der Waals surface area contributed by atoms with Gasteiger partial charge in [-0.3, -0.25) is 4.79 Å². The third-order valence-electron chi connectivity index (χ3n) is 5.69. The van der Waals surface area contributed by atoms with Gasteiger partial charge in [-0.1, -0.05) is 47.3 Å². The van der Waals surface area contributed by atoms with E-state index < -0.39 is 5.54 Å². The van der Waals surface area contributed by atoms with Gasteiger partial charge < -0.3 is 15.8 Å². The van der Waals surface area contributed by atoms with Crippen molar-refractivity contribution in [3.63, 3.8) is 0 Å². The van der Waals surface area contributed by atoms with Gasteiger partial charge in [0.1, 0.15) is 0 Å². The Morgan fingerprint density at radius 3 is 2.28 bits per heavy atom. The Morgan fingerprint density at radius 2 is 1.68 bits per heavy atom. The lowest BCUT2D eigenvalue weighted by Gasteiger charge is -2.39. The Labute approximate surface area is 164 Å². The quantitative estimate of drug-likeness (QED) is 0.764. The molecule has 2 aliphatic rings.